The van der Waals surface area contributed by atoms with E-state index in [1.807, 2.05) is 6.92 Å². The van der Waals surface area contributed by atoms with Gasteiger partial charge in [-0.05, 0) is 17.0 Å². The average molecular weight is 196 g/mol. The van der Waals surface area contributed by atoms with E-state index in [2.05, 4.69) is 24.0 Å². The van der Waals surface area contributed by atoms with Gasteiger partial charge in [0.15, 0.2) is 0 Å². The molecule has 1 aliphatic carbocycles. The third kappa shape index (κ3) is 1.05. The molecule has 1 aliphatic rings. The van der Waals surface area contributed by atoms with E-state index in [1.165, 1.54) is 0 Å². The highest BCUT2D eigenvalue weighted by Gasteiger charge is 2.62. The Hall–Kier alpha value is -1.39. The fourth-order valence-electron chi connectivity index (χ4n) is 1.74. The van der Waals surface area contributed by atoms with Crippen LogP contribution in [0.4, 0.5) is 0 Å². The van der Waals surface area contributed by atoms with Crippen LogP contribution < -0.4 is 0 Å². The number of carboxylic acids is 1. The van der Waals surface area contributed by atoms with Crippen LogP contribution in [0.25, 0.3) is 0 Å². The monoisotopic (exact) mass is 196 g/mol. The molecule has 1 saturated carbocycles. The van der Waals surface area contributed by atoms with Gasteiger partial charge in [0.05, 0.1) is 5.41 Å². The Labute approximate surface area is 81.1 Å². The van der Waals surface area contributed by atoms with E-state index in [1.54, 1.807) is 0 Å². The average Bonchev–Trinajstić information content (AvgIpc) is 2.53. The summed E-state index contributed by atoms with van der Waals surface area (Å²) in [5.74, 6) is -0.981. The molecular weight excluding hydrogens is 184 g/mol. The first-order chi connectivity index (χ1) is 6.37. The maximum Gasteiger partial charge on any atom is 0.377 e. The van der Waals surface area contributed by atoms with E-state index in [4.69, 9.17) is 9.63 Å². The van der Waals surface area contributed by atoms with Gasteiger partial charge in [0.2, 0.25) is 5.89 Å². The van der Waals surface area contributed by atoms with Crippen molar-refractivity contribution in [2.45, 2.75) is 32.6 Å². The lowest BCUT2D eigenvalue weighted by molar-refractivity contribution is 0.0680. The van der Waals surface area contributed by atoms with Crippen LogP contribution in [0.3, 0.4) is 0 Å². The molecule has 0 spiro atoms. The predicted octanol–water partition coefficient (Wildman–Crippen LogP) is 1.46. The quantitative estimate of drug-likeness (QED) is 0.774. The van der Waals surface area contributed by atoms with Gasteiger partial charge >= 0.3 is 5.97 Å². The fraction of sp³-hybridized carbons (Fsp3) is 0.667. The minimum atomic E-state index is -1.15. The zero-order valence-corrected chi connectivity index (χ0v) is 8.37. The third-order valence-corrected chi connectivity index (χ3v) is 3.25. The Morgan fingerprint density at radius 2 is 2.07 bits per heavy atom. The van der Waals surface area contributed by atoms with Crippen molar-refractivity contribution < 1.29 is 14.4 Å². The molecule has 0 aromatic carbocycles. The summed E-state index contributed by atoms with van der Waals surface area (Å²) in [6, 6.07) is 0. The maximum atomic E-state index is 10.5. The smallest absolute Gasteiger partial charge is 0.377 e. The molecule has 1 N–H and O–H groups in total. The van der Waals surface area contributed by atoms with Crippen LogP contribution in [0.1, 0.15) is 43.7 Å². The van der Waals surface area contributed by atoms with Crippen molar-refractivity contribution in [1.29, 1.82) is 0 Å². The molecule has 1 atom stereocenters. The van der Waals surface area contributed by atoms with E-state index in [-0.39, 0.29) is 16.7 Å². The topological polar surface area (TPSA) is 76.2 Å². The van der Waals surface area contributed by atoms with Crippen molar-refractivity contribution >= 4 is 5.97 Å². The van der Waals surface area contributed by atoms with E-state index in [0.29, 0.717) is 5.89 Å². The van der Waals surface area contributed by atoms with Gasteiger partial charge in [-0.3, -0.25) is 0 Å². The largest absolute Gasteiger partial charge is 0.475 e. The van der Waals surface area contributed by atoms with Gasteiger partial charge in [-0.25, -0.2) is 4.79 Å². The minimum Gasteiger partial charge on any atom is -0.475 e. The Morgan fingerprint density at radius 1 is 1.50 bits per heavy atom. The van der Waals surface area contributed by atoms with E-state index < -0.39 is 5.97 Å². The Balaban J connectivity index is 2.32. The number of aromatic carboxylic acids is 1. The van der Waals surface area contributed by atoms with Crippen molar-refractivity contribution in [1.82, 2.24) is 10.1 Å². The molecule has 1 aromatic heterocycles. The summed E-state index contributed by atoms with van der Waals surface area (Å²) in [4.78, 5) is 14.4. The molecule has 1 fully saturated rings. The number of carboxylic acid groups (broad SMARTS) is 1. The number of carbonyl (C=O) groups is 1. The summed E-state index contributed by atoms with van der Waals surface area (Å²) in [5, 5.41) is 12.0. The number of nitrogens with zero attached hydrogens (tertiary/aromatic N) is 2. The van der Waals surface area contributed by atoms with Gasteiger partial charge in [0, 0.05) is 0 Å². The first-order valence-corrected chi connectivity index (χ1v) is 4.44. The summed E-state index contributed by atoms with van der Waals surface area (Å²) in [6.45, 7) is 6.20. The molecule has 2 rings (SSSR count). The summed E-state index contributed by atoms with van der Waals surface area (Å²) in [7, 11) is 0. The molecular formula is C9H12N2O3. The van der Waals surface area contributed by atoms with Crippen molar-refractivity contribution in [3.8, 4) is 0 Å². The van der Waals surface area contributed by atoms with Crippen molar-refractivity contribution in [2.24, 2.45) is 5.41 Å². The van der Waals surface area contributed by atoms with E-state index in [0.717, 1.165) is 6.42 Å². The zero-order chi connectivity index (χ0) is 10.6. The molecule has 5 nitrogen and oxygen atoms in total. The molecule has 0 bridgehead atoms. The van der Waals surface area contributed by atoms with Crippen molar-refractivity contribution in [3.63, 3.8) is 0 Å². The van der Waals surface area contributed by atoms with Crippen LogP contribution in [0.5, 0.6) is 0 Å². The van der Waals surface area contributed by atoms with Crippen LogP contribution in [0.15, 0.2) is 4.52 Å². The molecule has 14 heavy (non-hydrogen) atoms. The summed E-state index contributed by atoms with van der Waals surface area (Å²) >= 11 is 0. The van der Waals surface area contributed by atoms with Gasteiger partial charge in [0.25, 0.3) is 5.82 Å². The second-order valence-corrected chi connectivity index (χ2v) is 4.62. The standard InChI is InChI=1S/C9H12N2O3/c1-8(2)4-9(8,3)7-10-5(6(12)13)11-14-7/h4H2,1-3H3,(H,12,13). The predicted molar refractivity (Wildman–Crippen MR) is 47.0 cm³/mol. The first kappa shape index (κ1) is 9.18. The highest BCUT2D eigenvalue weighted by Crippen LogP contribution is 2.63. The zero-order valence-electron chi connectivity index (χ0n) is 8.37. The van der Waals surface area contributed by atoms with Gasteiger partial charge in [-0.15, -0.1) is 0 Å². The van der Waals surface area contributed by atoms with E-state index in [9.17, 15) is 4.79 Å². The van der Waals surface area contributed by atoms with Crippen molar-refractivity contribution in [2.75, 3.05) is 0 Å². The molecule has 0 amide bonds. The summed E-state index contributed by atoms with van der Waals surface area (Å²) in [6.07, 6.45) is 0.946. The lowest BCUT2D eigenvalue weighted by atomic mass is 9.98. The second kappa shape index (κ2) is 2.34. The fourth-order valence-corrected chi connectivity index (χ4v) is 1.74. The lowest BCUT2D eigenvalue weighted by Gasteiger charge is -2.07. The molecule has 5 heteroatoms. The number of hydrogen-bond donors (Lipinski definition) is 1. The molecule has 1 heterocycles. The lowest BCUT2D eigenvalue weighted by Crippen LogP contribution is -2.10. The van der Waals surface area contributed by atoms with Crippen LogP contribution in [0, 0.1) is 5.41 Å². The highest BCUT2D eigenvalue weighted by molar-refractivity contribution is 5.82. The Kier molecular flexibility index (Phi) is 1.54. The third-order valence-electron chi connectivity index (χ3n) is 3.25. The Bertz CT molecular complexity index is 397. The molecule has 0 radical (unpaired) electrons. The summed E-state index contributed by atoms with van der Waals surface area (Å²) < 4.78 is 4.95. The molecule has 1 unspecified atom stereocenters. The molecule has 1 aromatic rings. The highest BCUT2D eigenvalue weighted by atomic mass is 16.5. The van der Waals surface area contributed by atoms with Crippen LogP contribution >= 0.6 is 0 Å². The second-order valence-electron chi connectivity index (χ2n) is 4.62. The van der Waals surface area contributed by atoms with Gasteiger partial charge in [-0.1, -0.05) is 20.8 Å². The van der Waals surface area contributed by atoms with E-state index >= 15 is 0 Å². The van der Waals surface area contributed by atoms with Crippen LogP contribution in [-0.4, -0.2) is 21.2 Å². The summed E-state index contributed by atoms with van der Waals surface area (Å²) in [5.41, 5.74) is -0.0387. The van der Waals surface area contributed by atoms with Crippen molar-refractivity contribution in [3.05, 3.63) is 11.7 Å². The van der Waals surface area contributed by atoms with Gasteiger partial charge in [-0.2, -0.15) is 4.98 Å². The van der Waals surface area contributed by atoms with Gasteiger partial charge in [0.1, 0.15) is 0 Å². The van der Waals surface area contributed by atoms with Crippen LogP contribution in [-0.2, 0) is 5.41 Å². The molecule has 0 saturated heterocycles. The molecule has 0 aliphatic heterocycles. The SMILES string of the molecule is CC1(C)CC1(C)c1nc(C(=O)O)no1. The molecule has 76 valence electrons. The van der Waals surface area contributed by atoms with Gasteiger partial charge < -0.3 is 9.63 Å². The maximum absolute atomic E-state index is 10.5. The Morgan fingerprint density at radius 3 is 2.43 bits per heavy atom. The first-order valence-electron chi connectivity index (χ1n) is 4.44. The number of hydrogen-bond acceptors (Lipinski definition) is 4. The minimum absolute atomic E-state index is 0.120. The normalized spacial score (nSPS) is 28.8. The number of aromatic nitrogens is 2. The number of rotatable bonds is 2. The van der Waals surface area contributed by atoms with Crippen LogP contribution in [0.2, 0.25) is 0 Å².